The molecule has 4 aliphatic carbocycles. The van der Waals surface area contributed by atoms with Gasteiger partial charge in [-0.15, -0.1) is 11.3 Å². The Labute approximate surface area is 237 Å². The van der Waals surface area contributed by atoms with Crippen molar-refractivity contribution in [3.05, 3.63) is 17.0 Å². The van der Waals surface area contributed by atoms with Crippen molar-refractivity contribution in [2.45, 2.75) is 108 Å². The molecule has 5 unspecified atom stereocenters. The molecule has 1 amide bonds. The van der Waals surface area contributed by atoms with E-state index in [1.807, 2.05) is 6.92 Å². The van der Waals surface area contributed by atoms with Crippen LogP contribution in [-0.2, 0) is 19.7 Å². The standard InChI is InChI=1S/C30H45NO6S2/c1-5-23(25-8-9-27(38-25)39(35,36)37)31-26(34)14-17(2)20-6-7-21-28-22(11-13-30(20,21)4)29(3)12-10-19(32)15-18(29)16-24(28)33/h8-9,17-18,20-24,28,33H,5-7,10-16H2,1-4H3,(H,31,34)(H,35,36,37)/t17-,18?,20?,21+,22+,23+,24-,28?,29?,30?/m1/s1. The lowest BCUT2D eigenvalue weighted by molar-refractivity contribution is -0.169. The van der Waals surface area contributed by atoms with E-state index in [-0.39, 0.29) is 44.9 Å². The zero-order valence-electron chi connectivity index (χ0n) is 23.7. The molecule has 0 saturated heterocycles. The van der Waals surface area contributed by atoms with E-state index in [4.69, 9.17) is 0 Å². The predicted molar refractivity (Wildman–Crippen MR) is 151 cm³/mol. The summed E-state index contributed by atoms with van der Waals surface area (Å²) in [7, 11) is -4.25. The zero-order chi connectivity index (χ0) is 28.3. The molecule has 9 heteroatoms. The maximum atomic E-state index is 13.2. The van der Waals surface area contributed by atoms with Gasteiger partial charge in [-0.2, -0.15) is 8.42 Å². The summed E-state index contributed by atoms with van der Waals surface area (Å²) < 4.78 is 32.2. The molecule has 39 heavy (non-hydrogen) atoms. The molecule has 5 rings (SSSR count). The summed E-state index contributed by atoms with van der Waals surface area (Å²) in [5.74, 6) is 2.45. The van der Waals surface area contributed by atoms with Gasteiger partial charge in [-0.25, -0.2) is 0 Å². The van der Waals surface area contributed by atoms with Gasteiger partial charge in [-0.3, -0.25) is 14.1 Å². The molecule has 0 bridgehead atoms. The Morgan fingerprint density at radius 3 is 2.54 bits per heavy atom. The van der Waals surface area contributed by atoms with Crippen LogP contribution in [0.5, 0.6) is 0 Å². The SMILES string of the molecule is CC[C@H](NC(=O)C[C@@H](C)C1CC[C@H]2C3[C@H](O)CC4CC(=O)CCC4(C)[C@H]3CCC12C)c1ccc(S(=O)(=O)O)s1. The van der Waals surface area contributed by atoms with Gasteiger partial charge in [0.2, 0.25) is 5.91 Å². The minimum absolute atomic E-state index is 0.0307. The lowest BCUT2D eigenvalue weighted by atomic mass is 9.44. The molecular weight excluding hydrogens is 534 g/mol. The molecule has 1 heterocycles. The van der Waals surface area contributed by atoms with Crippen LogP contribution in [0.25, 0.3) is 0 Å². The summed E-state index contributed by atoms with van der Waals surface area (Å²) in [5, 5.41) is 14.5. The van der Waals surface area contributed by atoms with Crippen LogP contribution in [0.2, 0.25) is 0 Å². The van der Waals surface area contributed by atoms with Crippen molar-refractivity contribution < 1.29 is 27.7 Å². The van der Waals surface area contributed by atoms with Gasteiger partial charge in [0.1, 0.15) is 9.99 Å². The Bertz CT molecular complexity index is 1210. The monoisotopic (exact) mass is 579 g/mol. The summed E-state index contributed by atoms with van der Waals surface area (Å²) in [6, 6.07) is 2.76. The average molecular weight is 580 g/mol. The van der Waals surface area contributed by atoms with Gasteiger partial charge in [0.15, 0.2) is 0 Å². The van der Waals surface area contributed by atoms with E-state index in [0.29, 0.717) is 55.1 Å². The molecular formula is C30H45NO6S2. The van der Waals surface area contributed by atoms with Crippen molar-refractivity contribution in [2.24, 2.45) is 46.3 Å². The van der Waals surface area contributed by atoms with E-state index in [9.17, 15) is 27.7 Å². The highest BCUT2D eigenvalue weighted by molar-refractivity contribution is 7.88. The van der Waals surface area contributed by atoms with Crippen LogP contribution in [0.3, 0.4) is 0 Å². The van der Waals surface area contributed by atoms with Crippen molar-refractivity contribution in [3.8, 4) is 0 Å². The van der Waals surface area contributed by atoms with E-state index in [0.717, 1.165) is 54.7 Å². The Morgan fingerprint density at radius 1 is 1.15 bits per heavy atom. The molecule has 4 fully saturated rings. The second kappa shape index (κ2) is 10.5. The summed E-state index contributed by atoms with van der Waals surface area (Å²) in [6.07, 6.45) is 8.10. The number of thiophene rings is 1. The lowest BCUT2D eigenvalue weighted by Crippen LogP contribution is -2.58. The van der Waals surface area contributed by atoms with Gasteiger partial charge in [0.25, 0.3) is 0 Å². The number of Topliss-reactive ketones (excluding diaryl/α,β-unsaturated/α-hetero) is 1. The Morgan fingerprint density at radius 2 is 1.87 bits per heavy atom. The van der Waals surface area contributed by atoms with Gasteiger partial charge < -0.3 is 10.4 Å². The van der Waals surface area contributed by atoms with Gasteiger partial charge in [0.05, 0.1) is 12.1 Å². The number of rotatable bonds is 7. The first-order chi connectivity index (χ1) is 18.3. The molecule has 4 saturated carbocycles. The number of ketones is 1. The van der Waals surface area contributed by atoms with Crippen molar-refractivity contribution in [3.63, 3.8) is 0 Å². The molecule has 0 aromatic carbocycles. The highest BCUT2D eigenvalue weighted by atomic mass is 32.3. The fourth-order valence-electron chi connectivity index (χ4n) is 9.71. The first kappa shape index (κ1) is 29.2. The highest BCUT2D eigenvalue weighted by Gasteiger charge is 2.63. The Balaban J connectivity index is 1.26. The largest absolute Gasteiger partial charge is 0.393 e. The molecule has 0 spiro atoms. The Hall–Kier alpha value is -1.29. The van der Waals surface area contributed by atoms with Crippen LogP contribution in [0, 0.1) is 46.3 Å². The van der Waals surface area contributed by atoms with Crippen LogP contribution in [-0.4, -0.2) is 35.9 Å². The fraction of sp³-hybridized carbons (Fsp3) is 0.800. The molecule has 1 aromatic rings. The first-order valence-corrected chi connectivity index (χ1v) is 17.1. The van der Waals surface area contributed by atoms with E-state index in [1.165, 1.54) is 6.07 Å². The molecule has 3 N–H and O–H groups in total. The molecule has 0 aliphatic heterocycles. The van der Waals surface area contributed by atoms with Crippen LogP contribution in [0.4, 0.5) is 0 Å². The number of carbonyl (C=O) groups excluding carboxylic acids is 2. The summed E-state index contributed by atoms with van der Waals surface area (Å²) in [6.45, 7) is 8.94. The predicted octanol–water partition coefficient (Wildman–Crippen LogP) is 5.79. The van der Waals surface area contributed by atoms with E-state index >= 15 is 0 Å². The van der Waals surface area contributed by atoms with Crippen molar-refractivity contribution in [1.29, 1.82) is 0 Å². The minimum atomic E-state index is -4.25. The maximum Gasteiger partial charge on any atom is 0.304 e. The van der Waals surface area contributed by atoms with Crippen molar-refractivity contribution in [2.75, 3.05) is 0 Å². The Kier molecular flexibility index (Phi) is 7.88. The van der Waals surface area contributed by atoms with Crippen molar-refractivity contribution >= 4 is 33.1 Å². The number of hydrogen-bond donors (Lipinski definition) is 3. The third-order valence-corrected chi connectivity index (χ3v) is 14.2. The van der Waals surface area contributed by atoms with Gasteiger partial charge in [-0.05, 0) is 103 Å². The fourth-order valence-corrected chi connectivity index (χ4v) is 11.5. The number of aliphatic hydroxyl groups is 1. The van der Waals surface area contributed by atoms with Crippen LogP contribution >= 0.6 is 11.3 Å². The summed E-state index contributed by atoms with van der Waals surface area (Å²) in [5.41, 5.74) is 0.243. The number of fused-ring (bicyclic) bond motifs is 5. The molecule has 10 atom stereocenters. The van der Waals surface area contributed by atoms with Gasteiger partial charge in [0, 0.05) is 24.1 Å². The number of aliphatic hydroxyl groups excluding tert-OH is 1. The molecule has 1 aromatic heterocycles. The highest BCUT2D eigenvalue weighted by Crippen LogP contribution is 2.68. The van der Waals surface area contributed by atoms with Gasteiger partial charge in [-0.1, -0.05) is 27.7 Å². The van der Waals surface area contributed by atoms with E-state index in [1.54, 1.807) is 6.07 Å². The van der Waals surface area contributed by atoms with Crippen LogP contribution in [0.1, 0.15) is 103 Å². The number of carbonyl (C=O) groups is 2. The molecule has 218 valence electrons. The average Bonchev–Trinajstić information content (AvgIpc) is 3.48. The van der Waals surface area contributed by atoms with Gasteiger partial charge >= 0.3 is 10.1 Å². The number of amides is 1. The van der Waals surface area contributed by atoms with E-state index in [2.05, 4.69) is 26.1 Å². The second-order valence-electron chi connectivity index (χ2n) is 13.6. The van der Waals surface area contributed by atoms with Crippen LogP contribution < -0.4 is 5.32 Å². The van der Waals surface area contributed by atoms with Crippen LogP contribution in [0.15, 0.2) is 16.3 Å². The molecule has 0 radical (unpaired) electrons. The second-order valence-corrected chi connectivity index (χ2v) is 16.4. The summed E-state index contributed by atoms with van der Waals surface area (Å²) >= 11 is 0.996. The smallest absolute Gasteiger partial charge is 0.304 e. The zero-order valence-corrected chi connectivity index (χ0v) is 25.3. The lowest BCUT2D eigenvalue weighted by Gasteiger charge is -2.61. The number of nitrogens with one attached hydrogen (secondary N) is 1. The minimum Gasteiger partial charge on any atom is -0.393 e. The van der Waals surface area contributed by atoms with E-state index < -0.39 is 10.1 Å². The molecule has 4 aliphatic rings. The molecule has 7 nitrogen and oxygen atoms in total. The quantitative estimate of drug-likeness (QED) is 0.352. The summed E-state index contributed by atoms with van der Waals surface area (Å²) in [4.78, 5) is 26.1. The topological polar surface area (TPSA) is 121 Å². The van der Waals surface area contributed by atoms with Crippen molar-refractivity contribution in [1.82, 2.24) is 5.32 Å². The number of hydrogen-bond acceptors (Lipinski definition) is 6. The third-order valence-electron chi connectivity index (χ3n) is 11.7. The normalized spacial score (nSPS) is 39.8. The first-order valence-electron chi connectivity index (χ1n) is 14.8. The third kappa shape index (κ3) is 5.15. The maximum absolute atomic E-state index is 13.2.